The smallest absolute Gasteiger partial charge is 0.407 e. The molecule has 0 aromatic carbocycles. The van der Waals surface area contributed by atoms with E-state index in [0.717, 1.165) is 42.9 Å². The van der Waals surface area contributed by atoms with Gasteiger partial charge in [0.1, 0.15) is 6.10 Å². The van der Waals surface area contributed by atoms with E-state index in [-0.39, 0.29) is 34.3 Å². The van der Waals surface area contributed by atoms with Gasteiger partial charge in [-0.1, -0.05) is 6.07 Å². The van der Waals surface area contributed by atoms with Gasteiger partial charge in [-0.05, 0) is 91.1 Å². The molecule has 1 N–H and O–H groups in total. The Balaban J connectivity index is 1.80. The number of carbonyl (C=O) groups is 1. The van der Waals surface area contributed by atoms with E-state index in [0.29, 0.717) is 0 Å². The molecule has 1 saturated heterocycles. The lowest BCUT2D eigenvalue weighted by atomic mass is 9.77. The number of aryl methyl sites for hydroxylation is 2. The number of halogens is 1. The minimum atomic E-state index is -0.380. The van der Waals surface area contributed by atoms with Gasteiger partial charge >= 0.3 is 6.09 Å². The number of nitrogens with one attached hydrogen (secondary N) is 1. The fourth-order valence-electron chi connectivity index (χ4n) is 4.54. The van der Waals surface area contributed by atoms with E-state index in [1.165, 1.54) is 23.0 Å². The summed E-state index contributed by atoms with van der Waals surface area (Å²) < 4.78 is 19.4. The molecule has 5 nitrogen and oxygen atoms in total. The van der Waals surface area contributed by atoms with Gasteiger partial charge < -0.3 is 10.1 Å². The number of amides is 1. The number of thiophene rings is 1. The van der Waals surface area contributed by atoms with Crippen LogP contribution in [0.2, 0.25) is 0 Å². The Labute approximate surface area is 195 Å². The lowest BCUT2D eigenvalue weighted by Gasteiger charge is -2.40. The summed E-state index contributed by atoms with van der Waals surface area (Å²) in [5, 5.41) is 2.68. The summed E-state index contributed by atoms with van der Waals surface area (Å²) in [5.41, 5.74) is 1.77. The third-order valence-electron chi connectivity index (χ3n) is 6.84. The zero-order valence-electron chi connectivity index (χ0n) is 20.1. The van der Waals surface area contributed by atoms with E-state index in [4.69, 9.17) is 4.74 Å². The summed E-state index contributed by atoms with van der Waals surface area (Å²) in [7, 11) is 0. The Bertz CT molecular complexity index is 912. The van der Waals surface area contributed by atoms with Gasteiger partial charge in [-0.3, -0.25) is 9.88 Å². The number of alkyl carbamates (subject to hydrolysis) is 1. The number of nitrogens with zero attached hydrogens (tertiary/aromatic N) is 2. The molecule has 0 saturated carbocycles. The van der Waals surface area contributed by atoms with Crippen molar-refractivity contribution in [3.8, 4) is 0 Å². The molecule has 3 rings (SSSR count). The topological polar surface area (TPSA) is 54.5 Å². The minimum absolute atomic E-state index is 0.0211. The van der Waals surface area contributed by atoms with Crippen molar-refractivity contribution in [3.05, 3.63) is 51.7 Å². The van der Waals surface area contributed by atoms with E-state index in [2.05, 4.69) is 35.1 Å². The lowest BCUT2D eigenvalue weighted by molar-refractivity contribution is 0.00679. The van der Waals surface area contributed by atoms with Crippen molar-refractivity contribution in [3.63, 3.8) is 0 Å². The van der Waals surface area contributed by atoms with Crippen LogP contribution in [-0.2, 0) is 16.7 Å². The normalized spacial score (nSPS) is 20.5. The predicted octanol–water partition coefficient (Wildman–Crippen LogP) is 5.67. The van der Waals surface area contributed by atoms with Gasteiger partial charge in [0.15, 0.2) is 5.13 Å². The highest BCUT2D eigenvalue weighted by atomic mass is 32.1. The summed E-state index contributed by atoms with van der Waals surface area (Å²) in [4.78, 5) is 20.4. The first-order valence-corrected chi connectivity index (χ1v) is 12.2. The van der Waals surface area contributed by atoms with Crippen LogP contribution in [-0.4, -0.2) is 41.2 Å². The highest BCUT2D eigenvalue weighted by molar-refractivity contribution is 7.10. The van der Waals surface area contributed by atoms with Crippen LogP contribution in [0.1, 0.15) is 63.6 Å². The third-order valence-corrected chi connectivity index (χ3v) is 7.78. The SMILES string of the molecule is Cc1ccc(C(C)(C)N2CC[C@@](CCc3ccc(F)s3)([C@H](C)OC(=O)NC(C)C)C2)cn1. The minimum Gasteiger partial charge on any atom is -0.446 e. The van der Waals surface area contributed by atoms with Crippen molar-refractivity contribution >= 4 is 17.4 Å². The van der Waals surface area contributed by atoms with Crippen LogP contribution in [0.15, 0.2) is 30.5 Å². The average molecular weight is 462 g/mol. The lowest BCUT2D eigenvalue weighted by Crippen LogP contribution is -2.46. The highest BCUT2D eigenvalue weighted by Gasteiger charge is 2.48. The van der Waals surface area contributed by atoms with Crippen LogP contribution < -0.4 is 5.32 Å². The Morgan fingerprint density at radius 3 is 2.66 bits per heavy atom. The van der Waals surface area contributed by atoms with Gasteiger partial charge in [0.25, 0.3) is 0 Å². The molecule has 0 aliphatic carbocycles. The molecule has 2 atom stereocenters. The number of carbonyl (C=O) groups excluding carboxylic acids is 1. The number of rotatable bonds is 8. The Morgan fingerprint density at radius 2 is 2.06 bits per heavy atom. The van der Waals surface area contributed by atoms with E-state index < -0.39 is 0 Å². The molecule has 2 aromatic rings. The Hall–Kier alpha value is -1.99. The number of aromatic nitrogens is 1. The number of ether oxygens (including phenoxy) is 1. The van der Waals surface area contributed by atoms with Crippen molar-refractivity contribution in [2.24, 2.45) is 5.41 Å². The maximum absolute atomic E-state index is 13.5. The Kier molecular flexibility index (Phi) is 7.61. The second-order valence-corrected chi connectivity index (χ2v) is 11.0. The summed E-state index contributed by atoms with van der Waals surface area (Å²) >= 11 is 1.20. The first kappa shape index (κ1) is 24.6. The zero-order valence-corrected chi connectivity index (χ0v) is 20.9. The zero-order chi connectivity index (χ0) is 23.5. The van der Waals surface area contributed by atoms with Gasteiger partial charge in [0.2, 0.25) is 0 Å². The molecule has 32 heavy (non-hydrogen) atoms. The van der Waals surface area contributed by atoms with Crippen molar-refractivity contribution < 1.29 is 13.9 Å². The Morgan fingerprint density at radius 1 is 1.31 bits per heavy atom. The molecule has 0 bridgehead atoms. The van der Waals surface area contributed by atoms with Crippen LogP contribution in [0.25, 0.3) is 0 Å². The maximum atomic E-state index is 13.5. The number of hydrogen-bond donors (Lipinski definition) is 1. The van der Waals surface area contributed by atoms with Crippen LogP contribution >= 0.6 is 11.3 Å². The molecule has 0 spiro atoms. The molecule has 3 heterocycles. The van der Waals surface area contributed by atoms with Crippen molar-refractivity contribution in [2.45, 2.75) is 78.5 Å². The molecule has 0 unspecified atom stereocenters. The van der Waals surface area contributed by atoms with Crippen LogP contribution in [0.5, 0.6) is 0 Å². The average Bonchev–Trinajstić information content (AvgIpc) is 3.33. The van der Waals surface area contributed by atoms with Gasteiger partial charge in [-0.25, -0.2) is 4.79 Å². The fraction of sp³-hybridized carbons (Fsp3) is 0.600. The number of pyridine rings is 1. The van der Waals surface area contributed by atoms with Crippen molar-refractivity contribution in [2.75, 3.05) is 13.1 Å². The predicted molar refractivity (Wildman–Crippen MR) is 127 cm³/mol. The first-order valence-electron chi connectivity index (χ1n) is 11.4. The second-order valence-electron chi connectivity index (χ2n) is 9.83. The maximum Gasteiger partial charge on any atom is 0.407 e. The summed E-state index contributed by atoms with van der Waals surface area (Å²) in [6.07, 6.45) is 3.84. The van der Waals surface area contributed by atoms with E-state index in [9.17, 15) is 9.18 Å². The van der Waals surface area contributed by atoms with Crippen molar-refractivity contribution in [1.29, 1.82) is 0 Å². The number of hydrogen-bond acceptors (Lipinski definition) is 5. The van der Waals surface area contributed by atoms with E-state index in [1.807, 2.05) is 46.0 Å². The van der Waals surface area contributed by atoms with Gasteiger partial charge in [0, 0.05) is 40.3 Å². The molecule has 2 aromatic heterocycles. The molecular formula is C25H36FN3O2S. The number of likely N-dealkylation sites (tertiary alicyclic amines) is 1. The monoisotopic (exact) mass is 461 g/mol. The van der Waals surface area contributed by atoms with E-state index in [1.54, 1.807) is 0 Å². The van der Waals surface area contributed by atoms with Gasteiger partial charge in [0.05, 0.1) is 0 Å². The molecule has 1 aliphatic rings. The summed E-state index contributed by atoms with van der Waals surface area (Å²) in [6.45, 7) is 14.0. The van der Waals surface area contributed by atoms with Gasteiger partial charge in [-0.2, -0.15) is 4.39 Å². The van der Waals surface area contributed by atoms with Crippen LogP contribution in [0, 0.1) is 17.5 Å². The summed E-state index contributed by atoms with van der Waals surface area (Å²) in [6, 6.07) is 7.60. The molecule has 7 heteroatoms. The fourth-order valence-corrected chi connectivity index (χ4v) is 5.26. The molecule has 1 aliphatic heterocycles. The summed E-state index contributed by atoms with van der Waals surface area (Å²) in [5.74, 6) is 0. The standard InChI is InChI=1S/C25H36FN3O2S/c1-17(2)28-23(30)31-19(4)25(12-11-21-9-10-22(26)32-21)13-14-29(16-25)24(5,6)20-8-7-18(3)27-15-20/h7-10,15,17,19H,11-14,16H2,1-6H3,(H,28,30)/t19-,25+/m0/s1. The van der Waals surface area contributed by atoms with Crippen LogP contribution in [0.4, 0.5) is 9.18 Å². The van der Waals surface area contributed by atoms with Gasteiger partial charge in [-0.15, -0.1) is 11.3 Å². The van der Waals surface area contributed by atoms with Crippen LogP contribution in [0.3, 0.4) is 0 Å². The quantitative estimate of drug-likeness (QED) is 0.550. The second kappa shape index (κ2) is 9.87. The molecular weight excluding hydrogens is 425 g/mol. The third kappa shape index (κ3) is 5.67. The van der Waals surface area contributed by atoms with E-state index >= 15 is 0 Å². The molecule has 0 radical (unpaired) electrons. The first-order chi connectivity index (χ1) is 15.0. The molecule has 1 amide bonds. The largest absolute Gasteiger partial charge is 0.446 e. The van der Waals surface area contributed by atoms with Crippen molar-refractivity contribution in [1.82, 2.24) is 15.2 Å². The molecule has 1 fully saturated rings. The highest BCUT2D eigenvalue weighted by Crippen LogP contribution is 2.44. The molecule has 176 valence electrons.